The van der Waals surface area contributed by atoms with Crippen LogP contribution in [0.4, 0.5) is 0 Å². The zero-order valence-corrected chi connectivity index (χ0v) is 23.3. The van der Waals surface area contributed by atoms with Crippen LogP contribution in [0.1, 0.15) is 27.9 Å². The van der Waals surface area contributed by atoms with Crippen molar-refractivity contribution in [3.05, 3.63) is 138 Å². The second-order valence-corrected chi connectivity index (χ2v) is 11.2. The summed E-state index contributed by atoms with van der Waals surface area (Å²) in [6.45, 7) is 1.60. The fraction of sp³-hybridized carbons (Fsp3) is 0.133. The molecule has 0 unspecified atom stereocenters. The summed E-state index contributed by atoms with van der Waals surface area (Å²) in [6.07, 6.45) is 6.56. The highest BCUT2D eigenvalue weighted by molar-refractivity contribution is 7.68. The summed E-state index contributed by atoms with van der Waals surface area (Å²) in [5, 5.41) is 3.28. The molecule has 0 atom stereocenters. The third kappa shape index (κ3) is 7.07. The monoisotopic (exact) mass is 589 g/mol. The number of aromatic nitrogens is 2. The van der Waals surface area contributed by atoms with Crippen molar-refractivity contribution in [3.63, 3.8) is 0 Å². The van der Waals surface area contributed by atoms with Gasteiger partial charge < -0.3 is 21.7 Å². The number of Topliss-reactive ketones (excluding diaryl/α,β-unsaturated/α-hetero) is 1. The maximum absolute atomic E-state index is 13.9. The Hall–Kier alpha value is -3.51. The molecule has 4 aromatic rings. The Kier molecular flexibility index (Phi) is 9.29. The number of carbonyl (C=O) groups is 1. The molecular formula is C30H29BrN3O3P. The maximum Gasteiger partial charge on any atom is 0.244 e. The van der Waals surface area contributed by atoms with Gasteiger partial charge in [-0.25, -0.2) is 9.13 Å². The van der Waals surface area contributed by atoms with Crippen LogP contribution < -0.4 is 26.6 Å². The van der Waals surface area contributed by atoms with Crippen LogP contribution in [0.3, 0.4) is 0 Å². The average molecular weight is 590 g/mol. The van der Waals surface area contributed by atoms with Gasteiger partial charge in [0.15, 0.2) is 13.8 Å². The van der Waals surface area contributed by atoms with Gasteiger partial charge in [0, 0.05) is 34.9 Å². The fourth-order valence-electron chi connectivity index (χ4n) is 4.18. The van der Waals surface area contributed by atoms with E-state index in [2.05, 4.69) is 5.09 Å². The molecule has 2 heterocycles. The number of nitrogens with zero attached hydrogens (tertiary/aromatic N) is 2. The first-order chi connectivity index (χ1) is 18.1. The Balaban J connectivity index is 0.00000336. The largest absolute Gasteiger partial charge is 1.00 e. The van der Waals surface area contributed by atoms with Crippen LogP contribution in [-0.4, -0.2) is 16.9 Å². The number of carbonyl (C=O) groups excluding carboxylic acids is 1. The third-order valence-corrected chi connectivity index (χ3v) is 8.03. The Morgan fingerprint density at radius 1 is 0.842 bits per heavy atom. The number of halogens is 1. The van der Waals surface area contributed by atoms with E-state index in [4.69, 9.17) is 4.74 Å². The van der Waals surface area contributed by atoms with Crippen LogP contribution in [0.25, 0.3) is 11.5 Å². The number of nitrogens with one attached hydrogen (secondary N) is 1. The molecule has 38 heavy (non-hydrogen) atoms. The van der Waals surface area contributed by atoms with Crippen LogP contribution in [0.5, 0.6) is 0 Å². The molecule has 1 N–H and O–H groups in total. The van der Waals surface area contributed by atoms with Gasteiger partial charge in [0.05, 0.1) is 6.54 Å². The van der Waals surface area contributed by atoms with Crippen molar-refractivity contribution in [2.75, 3.05) is 6.54 Å². The van der Waals surface area contributed by atoms with Crippen molar-refractivity contribution >= 4 is 24.6 Å². The Labute approximate surface area is 233 Å². The van der Waals surface area contributed by atoms with Crippen LogP contribution in [0.15, 0.2) is 121 Å². The first-order valence-corrected chi connectivity index (χ1v) is 14.1. The molecule has 0 amide bonds. The number of rotatable bonds is 10. The molecule has 0 radical (unpaired) electrons. The lowest BCUT2D eigenvalue weighted by atomic mass is 10.1. The zero-order chi connectivity index (χ0) is 25.5. The van der Waals surface area contributed by atoms with Crippen molar-refractivity contribution in [2.24, 2.45) is 0 Å². The minimum Gasteiger partial charge on any atom is -1.00 e. The standard InChI is InChI=1S/C30H29N3O3P.BrH/c34-28(25-11-4-1-5-12-25)21-33-20-19-32(24-33)18-10-17-31-37(35)22-29(26-13-6-2-7-14-26)36-30(23-37)27-15-8-3-9-16-27;/h1-9,11-16,19-20,22-24H,10,17-18,21H2,(H,31,35);1H/q+1;/p-1. The molecule has 8 heteroatoms. The quantitative estimate of drug-likeness (QED) is 0.134. The van der Waals surface area contributed by atoms with Gasteiger partial charge in [-0.15, -0.1) is 0 Å². The highest BCUT2D eigenvalue weighted by Gasteiger charge is 2.26. The lowest BCUT2D eigenvalue weighted by molar-refractivity contribution is -0.682. The van der Waals surface area contributed by atoms with Crippen LogP contribution in [-0.2, 0) is 22.4 Å². The molecule has 0 saturated heterocycles. The summed E-state index contributed by atoms with van der Waals surface area (Å²) in [5.41, 5.74) is 2.47. The number of aryl methyl sites for hydroxylation is 1. The van der Waals surface area contributed by atoms with Crippen molar-refractivity contribution < 1.29 is 35.6 Å². The molecule has 0 bridgehead atoms. The van der Waals surface area contributed by atoms with Crippen LogP contribution in [0, 0.1) is 0 Å². The predicted octanol–water partition coefficient (Wildman–Crippen LogP) is 2.95. The first kappa shape index (κ1) is 27.5. The van der Waals surface area contributed by atoms with Gasteiger partial charge >= 0.3 is 0 Å². The second-order valence-electron chi connectivity index (χ2n) is 8.90. The highest BCUT2D eigenvalue weighted by Crippen LogP contribution is 2.53. The number of ketones is 1. The smallest absolute Gasteiger partial charge is 0.244 e. The summed E-state index contributed by atoms with van der Waals surface area (Å²) < 4.78 is 24.0. The number of hydrogen-bond acceptors (Lipinski definition) is 3. The SMILES string of the molecule is O=C(C[n+]1ccn(CCCNP2(=O)C=C(c3ccccc3)OC(c3ccccc3)=C2)c1)c1ccccc1.[Br-]. The zero-order valence-electron chi connectivity index (χ0n) is 20.8. The van der Waals surface area contributed by atoms with Crippen molar-refractivity contribution in [1.29, 1.82) is 0 Å². The first-order valence-electron chi connectivity index (χ1n) is 12.3. The molecule has 3 aromatic carbocycles. The molecule has 0 fully saturated rings. The topological polar surface area (TPSA) is 64.2 Å². The van der Waals surface area contributed by atoms with Gasteiger partial charge in [0.1, 0.15) is 23.9 Å². The van der Waals surface area contributed by atoms with E-state index in [1.54, 1.807) is 11.6 Å². The Bertz CT molecular complexity index is 1410. The molecule has 1 aromatic heterocycles. The Morgan fingerprint density at radius 3 is 1.97 bits per heavy atom. The van der Waals surface area contributed by atoms with Gasteiger partial charge in [-0.2, -0.15) is 0 Å². The van der Waals surface area contributed by atoms with E-state index in [0.29, 0.717) is 30.2 Å². The molecule has 5 rings (SSSR count). The summed E-state index contributed by atoms with van der Waals surface area (Å²) in [6, 6.07) is 28.8. The van der Waals surface area contributed by atoms with Gasteiger partial charge in [0.25, 0.3) is 0 Å². The minimum absolute atomic E-state index is 0. The molecule has 6 nitrogen and oxygen atoms in total. The summed E-state index contributed by atoms with van der Waals surface area (Å²) in [7, 11) is -2.98. The van der Waals surface area contributed by atoms with E-state index in [0.717, 1.165) is 24.1 Å². The molecule has 0 spiro atoms. The molecule has 0 saturated carbocycles. The minimum atomic E-state index is -2.98. The van der Waals surface area contributed by atoms with E-state index in [1.165, 1.54) is 0 Å². The molecule has 1 aliphatic heterocycles. The van der Waals surface area contributed by atoms with Crippen molar-refractivity contribution in [2.45, 2.75) is 19.5 Å². The molecule has 194 valence electrons. The van der Waals surface area contributed by atoms with E-state index >= 15 is 0 Å². The van der Waals surface area contributed by atoms with E-state index in [-0.39, 0.29) is 22.8 Å². The molecule has 1 aliphatic rings. The summed E-state index contributed by atoms with van der Waals surface area (Å²) in [4.78, 5) is 12.5. The molecular weight excluding hydrogens is 561 g/mol. The van der Waals surface area contributed by atoms with Crippen molar-refractivity contribution in [3.8, 4) is 0 Å². The second kappa shape index (κ2) is 12.8. The predicted molar refractivity (Wildman–Crippen MR) is 146 cm³/mol. The van der Waals surface area contributed by atoms with Crippen LogP contribution in [0.2, 0.25) is 0 Å². The normalized spacial score (nSPS) is 14.0. The number of hydrogen-bond donors (Lipinski definition) is 1. The number of ether oxygens (including phenoxy) is 1. The van der Waals surface area contributed by atoms with Gasteiger partial charge in [-0.1, -0.05) is 91.0 Å². The van der Waals surface area contributed by atoms with Gasteiger partial charge in [-0.05, 0) is 6.42 Å². The lowest BCUT2D eigenvalue weighted by Crippen LogP contribution is -3.00. The maximum atomic E-state index is 13.9. The van der Waals surface area contributed by atoms with E-state index in [1.807, 2.05) is 119 Å². The van der Waals surface area contributed by atoms with E-state index < -0.39 is 7.29 Å². The average Bonchev–Trinajstić information content (AvgIpc) is 3.39. The summed E-state index contributed by atoms with van der Waals surface area (Å²) >= 11 is 0. The lowest BCUT2D eigenvalue weighted by Gasteiger charge is -2.23. The van der Waals surface area contributed by atoms with Gasteiger partial charge in [-0.3, -0.25) is 14.4 Å². The molecule has 0 aliphatic carbocycles. The van der Waals surface area contributed by atoms with Crippen LogP contribution >= 0.6 is 7.29 Å². The van der Waals surface area contributed by atoms with E-state index in [9.17, 15) is 9.36 Å². The highest BCUT2D eigenvalue weighted by atomic mass is 79.9. The number of imidazole rings is 1. The third-order valence-electron chi connectivity index (χ3n) is 6.07. The Morgan fingerprint density at radius 2 is 1.39 bits per heavy atom. The van der Waals surface area contributed by atoms with Gasteiger partial charge in [0.2, 0.25) is 12.1 Å². The van der Waals surface area contributed by atoms with Crippen molar-refractivity contribution in [1.82, 2.24) is 9.65 Å². The fourth-order valence-corrected chi connectivity index (χ4v) is 6.05. The summed E-state index contributed by atoms with van der Waals surface area (Å²) in [5.74, 6) is 4.69. The number of benzene rings is 3.